The topological polar surface area (TPSA) is 12.0 Å². The minimum Gasteiger partial charge on any atom is -0.389 e. The largest absolute Gasteiger partial charge is 0.389 e. The molecule has 0 spiro atoms. The SMILES string of the molecule is C=C(CCc1ccccc1)NCCCCCC. The van der Waals surface area contributed by atoms with Crippen LogP contribution < -0.4 is 5.32 Å². The molecule has 1 aromatic carbocycles. The van der Waals surface area contributed by atoms with Crippen molar-refractivity contribution in [2.24, 2.45) is 0 Å². The number of allylic oxidation sites excluding steroid dienone is 1. The molecule has 0 fully saturated rings. The number of hydrogen-bond donors (Lipinski definition) is 1. The highest BCUT2D eigenvalue weighted by molar-refractivity contribution is 5.15. The van der Waals surface area contributed by atoms with E-state index in [-0.39, 0.29) is 0 Å². The van der Waals surface area contributed by atoms with Crippen LogP contribution in [-0.4, -0.2) is 6.54 Å². The summed E-state index contributed by atoms with van der Waals surface area (Å²) in [6, 6.07) is 10.6. The average molecular weight is 231 g/mol. The predicted molar refractivity (Wildman–Crippen MR) is 76.0 cm³/mol. The minimum absolute atomic E-state index is 1.04. The highest BCUT2D eigenvalue weighted by Crippen LogP contribution is 2.06. The van der Waals surface area contributed by atoms with Crippen molar-refractivity contribution in [3.63, 3.8) is 0 Å². The van der Waals surface area contributed by atoms with Crippen LogP contribution in [0.1, 0.15) is 44.6 Å². The molecule has 0 atom stereocenters. The maximum absolute atomic E-state index is 4.08. The van der Waals surface area contributed by atoms with E-state index in [1.807, 2.05) is 0 Å². The van der Waals surface area contributed by atoms with Crippen molar-refractivity contribution in [3.8, 4) is 0 Å². The molecule has 94 valence electrons. The molecule has 0 bridgehead atoms. The Balaban J connectivity index is 2.05. The number of hydrogen-bond acceptors (Lipinski definition) is 1. The second-order valence-corrected chi connectivity index (χ2v) is 4.58. The van der Waals surface area contributed by atoms with E-state index in [2.05, 4.69) is 49.2 Å². The molecule has 1 heteroatoms. The van der Waals surface area contributed by atoms with Gasteiger partial charge in [-0.05, 0) is 24.8 Å². The van der Waals surface area contributed by atoms with Gasteiger partial charge < -0.3 is 5.32 Å². The van der Waals surface area contributed by atoms with Gasteiger partial charge in [-0.2, -0.15) is 0 Å². The van der Waals surface area contributed by atoms with E-state index >= 15 is 0 Å². The Morgan fingerprint density at radius 2 is 1.88 bits per heavy atom. The quantitative estimate of drug-likeness (QED) is 0.625. The van der Waals surface area contributed by atoms with Gasteiger partial charge in [0, 0.05) is 12.2 Å². The van der Waals surface area contributed by atoms with Gasteiger partial charge in [-0.1, -0.05) is 63.1 Å². The van der Waals surface area contributed by atoms with Gasteiger partial charge in [0.2, 0.25) is 0 Å². The van der Waals surface area contributed by atoms with Crippen molar-refractivity contribution in [2.75, 3.05) is 6.54 Å². The zero-order valence-electron chi connectivity index (χ0n) is 11.0. The van der Waals surface area contributed by atoms with E-state index in [0.29, 0.717) is 0 Å². The first kappa shape index (κ1) is 13.8. The van der Waals surface area contributed by atoms with E-state index < -0.39 is 0 Å². The molecular weight excluding hydrogens is 206 g/mol. The first-order valence-corrected chi connectivity index (χ1v) is 6.78. The molecule has 0 radical (unpaired) electrons. The third kappa shape index (κ3) is 6.83. The lowest BCUT2D eigenvalue weighted by Crippen LogP contribution is -2.14. The first-order valence-electron chi connectivity index (χ1n) is 6.78. The van der Waals surface area contributed by atoms with Gasteiger partial charge in [0.05, 0.1) is 0 Å². The Morgan fingerprint density at radius 3 is 2.59 bits per heavy atom. The van der Waals surface area contributed by atoms with Crippen molar-refractivity contribution >= 4 is 0 Å². The van der Waals surface area contributed by atoms with E-state index in [9.17, 15) is 0 Å². The van der Waals surface area contributed by atoms with Gasteiger partial charge >= 0.3 is 0 Å². The molecule has 1 rings (SSSR count). The molecule has 1 aromatic rings. The van der Waals surface area contributed by atoms with Gasteiger partial charge in [0.15, 0.2) is 0 Å². The van der Waals surface area contributed by atoms with Crippen LogP contribution in [0, 0.1) is 0 Å². The van der Waals surface area contributed by atoms with Gasteiger partial charge in [0.25, 0.3) is 0 Å². The second-order valence-electron chi connectivity index (χ2n) is 4.58. The molecule has 0 unspecified atom stereocenters. The smallest absolute Gasteiger partial charge is 0.0143 e. The second kappa shape index (κ2) is 8.86. The third-order valence-electron chi connectivity index (χ3n) is 2.96. The predicted octanol–water partition coefficient (Wildman–Crippen LogP) is 4.30. The fraction of sp³-hybridized carbons (Fsp3) is 0.500. The lowest BCUT2D eigenvalue weighted by Gasteiger charge is -2.09. The monoisotopic (exact) mass is 231 g/mol. The molecule has 0 aliphatic carbocycles. The average Bonchev–Trinajstić information content (AvgIpc) is 2.37. The van der Waals surface area contributed by atoms with Crippen LogP contribution in [0.15, 0.2) is 42.6 Å². The summed E-state index contributed by atoms with van der Waals surface area (Å²) in [6.07, 6.45) is 7.36. The van der Waals surface area contributed by atoms with Crippen LogP contribution in [0.4, 0.5) is 0 Å². The van der Waals surface area contributed by atoms with Crippen LogP contribution in [0.3, 0.4) is 0 Å². The Hall–Kier alpha value is -1.24. The number of benzene rings is 1. The van der Waals surface area contributed by atoms with Crippen molar-refractivity contribution in [3.05, 3.63) is 48.2 Å². The molecule has 0 saturated heterocycles. The molecule has 1 N–H and O–H groups in total. The number of rotatable bonds is 9. The van der Waals surface area contributed by atoms with E-state index in [4.69, 9.17) is 0 Å². The molecule has 0 aliphatic rings. The van der Waals surface area contributed by atoms with Crippen molar-refractivity contribution in [1.82, 2.24) is 5.32 Å². The van der Waals surface area contributed by atoms with Gasteiger partial charge in [0.1, 0.15) is 0 Å². The van der Waals surface area contributed by atoms with Crippen LogP contribution >= 0.6 is 0 Å². The molecule has 0 aliphatic heterocycles. The third-order valence-corrected chi connectivity index (χ3v) is 2.96. The molecule has 1 nitrogen and oxygen atoms in total. The lowest BCUT2D eigenvalue weighted by atomic mass is 10.1. The summed E-state index contributed by atoms with van der Waals surface area (Å²) in [5, 5.41) is 3.42. The fourth-order valence-electron chi connectivity index (χ4n) is 1.85. The molecule has 0 amide bonds. The standard InChI is InChI=1S/C16H25N/c1-3-4-5-9-14-17-15(2)12-13-16-10-7-6-8-11-16/h6-8,10-11,17H,2-5,9,12-14H2,1H3. The van der Waals surface area contributed by atoms with Crippen LogP contribution in [0.25, 0.3) is 0 Å². The summed E-state index contributed by atoms with van der Waals surface area (Å²) in [4.78, 5) is 0. The normalized spacial score (nSPS) is 10.2. The summed E-state index contributed by atoms with van der Waals surface area (Å²) in [5.74, 6) is 0. The summed E-state index contributed by atoms with van der Waals surface area (Å²) in [7, 11) is 0. The van der Waals surface area contributed by atoms with E-state index in [1.54, 1.807) is 0 Å². The highest BCUT2D eigenvalue weighted by Gasteiger charge is 1.96. The zero-order chi connectivity index (χ0) is 12.3. The fourth-order valence-corrected chi connectivity index (χ4v) is 1.85. The summed E-state index contributed by atoms with van der Waals surface area (Å²) in [6.45, 7) is 7.40. The van der Waals surface area contributed by atoms with E-state index in [1.165, 1.54) is 36.9 Å². The Labute approximate surface area is 106 Å². The molecule has 0 saturated carbocycles. The number of unbranched alkanes of at least 4 members (excludes halogenated alkanes) is 3. The van der Waals surface area contributed by atoms with Crippen molar-refractivity contribution < 1.29 is 0 Å². The molecule has 0 aromatic heterocycles. The zero-order valence-corrected chi connectivity index (χ0v) is 11.0. The lowest BCUT2D eigenvalue weighted by molar-refractivity contribution is 0.626. The first-order chi connectivity index (χ1) is 8.33. The maximum atomic E-state index is 4.08. The van der Waals surface area contributed by atoms with Gasteiger partial charge in [-0.3, -0.25) is 0 Å². The summed E-state index contributed by atoms with van der Waals surface area (Å²) < 4.78 is 0. The molecule has 0 heterocycles. The van der Waals surface area contributed by atoms with E-state index in [0.717, 1.165) is 19.4 Å². The Kier molecular flexibility index (Phi) is 7.20. The van der Waals surface area contributed by atoms with Gasteiger partial charge in [-0.15, -0.1) is 0 Å². The van der Waals surface area contributed by atoms with Crippen LogP contribution in [0.2, 0.25) is 0 Å². The number of aryl methyl sites for hydroxylation is 1. The Morgan fingerprint density at radius 1 is 1.12 bits per heavy atom. The van der Waals surface area contributed by atoms with Gasteiger partial charge in [-0.25, -0.2) is 0 Å². The van der Waals surface area contributed by atoms with Crippen LogP contribution in [0.5, 0.6) is 0 Å². The van der Waals surface area contributed by atoms with Crippen molar-refractivity contribution in [1.29, 1.82) is 0 Å². The summed E-state index contributed by atoms with van der Waals surface area (Å²) >= 11 is 0. The highest BCUT2D eigenvalue weighted by atomic mass is 14.9. The molecular formula is C16H25N. The summed E-state index contributed by atoms with van der Waals surface area (Å²) in [5.41, 5.74) is 2.56. The Bertz CT molecular complexity index is 303. The minimum atomic E-state index is 1.04. The van der Waals surface area contributed by atoms with Crippen molar-refractivity contribution in [2.45, 2.75) is 45.4 Å². The maximum Gasteiger partial charge on any atom is 0.0143 e. The van der Waals surface area contributed by atoms with Crippen LogP contribution in [-0.2, 0) is 6.42 Å². The number of nitrogens with one attached hydrogen (secondary N) is 1. The molecule has 17 heavy (non-hydrogen) atoms.